The molecule has 1 aliphatic rings. The van der Waals surface area contributed by atoms with Crippen molar-refractivity contribution in [3.8, 4) is 0 Å². The molecule has 2 aromatic rings. The zero-order valence-electron chi connectivity index (χ0n) is 16.1. The number of aryl methyl sites for hydroxylation is 2. The molecule has 7 heteroatoms. The summed E-state index contributed by atoms with van der Waals surface area (Å²) in [5.41, 5.74) is 1.13. The first-order valence-corrected chi connectivity index (χ1v) is 9.45. The summed E-state index contributed by atoms with van der Waals surface area (Å²) in [6, 6.07) is 0. The number of hydrogen-bond donors (Lipinski definition) is 0. The van der Waals surface area contributed by atoms with Crippen LogP contribution in [0.4, 0.5) is 0 Å². The molecule has 1 aliphatic heterocycles. The molecule has 0 radical (unpaired) electrons. The first kappa shape index (κ1) is 18.6. The molecule has 2 aromatic heterocycles. The Bertz CT molecular complexity index is 719. The molecule has 0 aromatic carbocycles. The minimum atomic E-state index is 0.217. The Morgan fingerprint density at radius 1 is 1.35 bits per heavy atom. The fraction of sp³-hybridized carbons (Fsp3) is 0.632. The second kappa shape index (κ2) is 8.49. The average Bonchev–Trinajstić information content (AvgIpc) is 3.26. The predicted molar refractivity (Wildman–Crippen MR) is 101 cm³/mol. The van der Waals surface area contributed by atoms with E-state index < -0.39 is 0 Å². The van der Waals surface area contributed by atoms with Crippen LogP contribution in [0.15, 0.2) is 24.8 Å². The minimum absolute atomic E-state index is 0.217. The van der Waals surface area contributed by atoms with Crippen LogP contribution in [0.3, 0.4) is 0 Å². The Balaban J connectivity index is 1.57. The van der Waals surface area contributed by atoms with Gasteiger partial charge in [0.1, 0.15) is 5.82 Å². The molecule has 1 saturated heterocycles. The van der Waals surface area contributed by atoms with Gasteiger partial charge in [0.05, 0.1) is 6.20 Å². The first-order chi connectivity index (χ1) is 12.5. The van der Waals surface area contributed by atoms with Crippen LogP contribution in [0, 0.1) is 6.92 Å². The van der Waals surface area contributed by atoms with Crippen molar-refractivity contribution in [1.29, 1.82) is 0 Å². The van der Waals surface area contributed by atoms with E-state index in [0.717, 1.165) is 50.4 Å². The van der Waals surface area contributed by atoms with E-state index in [4.69, 9.17) is 0 Å². The largest absolute Gasteiger partial charge is 0.342 e. The van der Waals surface area contributed by atoms with Crippen LogP contribution in [0.5, 0.6) is 0 Å². The maximum absolute atomic E-state index is 12.6. The van der Waals surface area contributed by atoms with Crippen molar-refractivity contribution in [3.05, 3.63) is 36.2 Å². The van der Waals surface area contributed by atoms with Gasteiger partial charge < -0.3 is 14.4 Å². The van der Waals surface area contributed by atoms with E-state index in [1.165, 1.54) is 0 Å². The molecule has 0 unspecified atom stereocenters. The Morgan fingerprint density at radius 2 is 2.19 bits per heavy atom. The van der Waals surface area contributed by atoms with Crippen molar-refractivity contribution in [1.82, 2.24) is 29.1 Å². The molecule has 1 atom stereocenters. The third kappa shape index (κ3) is 4.72. The van der Waals surface area contributed by atoms with Crippen LogP contribution in [-0.4, -0.2) is 68.8 Å². The lowest BCUT2D eigenvalue weighted by atomic mass is 9.96. The number of nitrogens with zero attached hydrogens (tertiary/aromatic N) is 6. The molecule has 7 nitrogen and oxygen atoms in total. The molecular weight excluding hydrogens is 328 g/mol. The quantitative estimate of drug-likeness (QED) is 0.757. The van der Waals surface area contributed by atoms with Crippen molar-refractivity contribution in [2.75, 3.05) is 33.7 Å². The van der Waals surface area contributed by atoms with Gasteiger partial charge in [-0.1, -0.05) is 0 Å². The summed E-state index contributed by atoms with van der Waals surface area (Å²) in [6.45, 7) is 6.21. The number of piperidine rings is 1. The second-order valence-electron chi connectivity index (χ2n) is 7.49. The molecule has 3 rings (SSSR count). The molecular formula is C19H30N6O. The highest BCUT2D eigenvalue weighted by atomic mass is 16.2. The van der Waals surface area contributed by atoms with Crippen LogP contribution in [0.25, 0.3) is 0 Å². The Morgan fingerprint density at radius 3 is 2.92 bits per heavy atom. The smallest absolute Gasteiger partial charge is 0.224 e. The number of amides is 1. The normalized spacial score (nSPS) is 17.8. The molecule has 0 aliphatic carbocycles. The average molecular weight is 358 g/mol. The van der Waals surface area contributed by atoms with Gasteiger partial charge >= 0.3 is 0 Å². The predicted octanol–water partition coefficient (Wildman–Crippen LogP) is 1.75. The summed E-state index contributed by atoms with van der Waals surface area (Å²) in [7, 11) is 4.16. The summed E-state index contributed by atoms with van der Waals surface area (Å²) in [5, 5.41) is 4.26. The zero-order chi connectivity index (χ0) is 18.5. The lowest BCUT2D eigenvalue weighted by Gasteiger charge is -2.33. The van der Waals surface area contributed by atoms with Crippen molar-refractivity contribution >= 4 is 5.91 Å². The Hall–Kier alpha value is -2.15. The van der Waals surface area contributed by atoms with E-state index in [2.05, 4.69) is 39.8 Å². The van der Waals surface area contributed by atoms with Gasteiger partial charge in [-0.25, -0.2) is 4.98 Å². The standard InChI is InChI=1S/C19H30N6O/c1-16-13-21-25(14-16)9-6-18(26)24-8-4-5-17(15-24)19-20-7-10-23(19)12-11-22(2)3/h7,10,13-14,17H,4-6,8-9,11-12,15H2,1-3H3/t17-/m0/s1. The number of likely N-dealkylation sites (N-methyl/N-ethyl adjacent to an activating group) is 1. The van der Waals surface area contributed by atoms with Crippen LogP contribution in [-0.2, 0) is 17.9 Å². The number of aromatic nitrogens is 4. The molecule has 0 saturated carbocycles. The molecule has 0 N–H and O–H groups in total. The fourth-order valence-corrected chi connectivity index (χ4v) is 3.55. The van der Waals surface area contributed by atoms with Crippen LogP contribution in [0.2, 0.25) is 0 Å². The van der Waals surface area contributed by atoms with Gasteiger partial charge in [0.25, 0.3) is 0 Å². The van der Waals surface area contributed by atoms with E-state index in [-0.39, 0.29) is 5.91 Å². The summed E-state index contributed by atoms with van der Waals surface area (Å²) in [4.78, 5) is 21.4. The second-order valence-corrected chi connectivity index (χ2v) is 7.49. The molecule has 1 amide bonds. The van der Waals surface area contributed by atoms with Crippen LogP contribution < -0.4 is 0 Å². The topological polar surface area (TPSA) is 59.2 Å². The van der Waals surface area contributed by atoms with E-state index >= 15 is 0 Å². The number of carbonyl (C=O) groups is 1. The van der Waals surface area contributed by atoms with Crippen molar-refractivity contribution in [2.45, 2.75) is 45.2 Å². The highest BCUT2D eigenvalue weighted by Gasteiger charge is 2.27. The van der Waals surface area contributed by atoms with Gasteiger partial charge in [0.2, 0.25) is 5.91 Å². The lowest BCUT2D eigenvalue weighted by molar-refractivity contribution is -0.132. The zero-order valence-corrected chi connectivity index (χ0v) is 16.1. The highest BCUT2D eigenvalue weighted by molar-refractivity contribution is 5.76. The monoisotopic (exact) mass is 358 g/mol. The van der Waals surface area contributed by atoms with E-state index in [1.807, 2.05) is 35.1 Å². The van der Waals surface area contributed by atoms with Gasteiger partial charge in [0, 0.05) is 63.7 Å². The molecule has 142 valence electrons. The van der Waals surface area contributed by atoms with Gasteiger partial charge in [-0.2, -0.15) is 5.10 Å². The third-order valence-electron chi connectivity index (χ3n) is 4.99. The van der Waals surface area contributed by atoms with Crippen LogP contribution in [0.1, 0.15) is 36.6 Å². The van der Waals surface area contributed by atoms with Crippen molar-refractivity contribution in [3.63, 3.8) is 0 Å². The van der Waals surface area contributed by atoms with E-state index in [9.17, 15) is 4.79 Å². The number of rotatable bonds is 7. The summed E-state index contributed by atoms with van der Waals surface area (Å²) >= 11 is 0. The molecule has 26 heavy (non-hydrogen) atoms. The Labute approximate surface area is 155 Å². The molecule has 3 heterocycles. The summed E-state index contributed by atoms with van der Waals surface area (Å²) in [6.07, 6.45) is 10.4. The summed E-state index contributed by atoms with van der Waals surface area (Å²) in [5.74, 6) is 1.66. The maximum atomic E-state index is 12.6. The van der Waals surface area contributed by atoms with Gasteiger partial charge in [-0.3, -0.25) is 9.48 Å². The van der Waals surface area contributed by atoms with Crippen LogP contribution >= 0.6 is 0 Å². The third-order valence-corrected chi connectivity index (χ3v) is 4.99. The number of hydrogen-bond acceptors (Lipinski definition) is 4. The highest BCUT2D eigenvalue weighted by Crippen LogP contribution is 2.26. The molecule has 1 fully saturated rings. The van der Waals surface area contributed by atoms with Gasteiger partial charge in [-0.05, 0) is 39.4 Å². The van der Waals surface area contributed by atoms with Gasteiger partial charge in [0.15, 0.2) is 0 Å². The lowest BCUT2D eigenvalue weighted by Crippen LogP contribution is -2.40. The summed E-state index contributed by atoms with van der Waals surface area (Å²) < 4.78 is 4.09. The number of likely N-dealkylation sites (tertiary alicyclic amines) is 1. The molecule has 0 bridgehead atoms. The van der Waals surface area contributed by atoms with Gasteiger partial charge in [-0.15, -0.1) is 0 Å². The number of carbonyl (C=O) groups excluding carboxylic acids is 1. The number of imidazole rings is 1. The van der Waals surface area contributed by atoms with E-state index in [0.29, 0.717) is 18.9 Å². The first-order valence-electron chi connectivity index (χ1n) is 9.45. The maximum Gasteiger partial charge on any atom is 0.224 e. The molecule has 0 spiro atoms. The van der Waals surface area contributed by atoms with Crippen molar-refractivity contribution in [2.24, 2.45) is 0 Å². The van der Waals surface area contributed by atoms with E-state index in [1.54, 1.807) is 0 Å². The SMILES string of the molecule is Cc1cnn(CCC(=O)N2CCC[C@H](c3nccn3CCN(C)C)C2)c1. The fourth-order valence-electron chi connectivity index (χ4n) is 3.55. The van der Waals surface area contributed by atoms with Crippen molar-refractivity contribution < 1.29 is 4.79 Å². The Kier molecular flexibility index (Phi) is 6.08. The minimum Gasteiger partial charge on any atom is -0.342 e.